The van der Waals surface area contributed by atoms with Crippen molar-refractivity contribution < 1.29 is 18.0 Å². The monoisotopic (exact) mass is 329 g/mol. The molecule has 0 saturated heterocycles. The average molecular weight is 330 g/mol. The molecule has 0 bridgehead atoms. The van der Waals surface area contributed by atoms with Gasteiger partial charge in [-0.1, -0.05) is 6.92 Å². The lowest BCUT2D eigenvalue weighted by molar-refractivity contribution is 0.0994. The molecule has 1 aromatic carbocycles. The topological polar surface area (TPSA) is 42.2 Å². The van der Waals surface area contributed by atoms with Crippen LogP contribution in [0.25, 0.3) is 0 Å². The summed E-state index contributed by atoms with van der Waals surface area (Å²) < 4.78 is 32.0. The lowest BCUT2D eigenvalue weighted by Gasteiger charge is -2.06. The summed E-state index contributed by atoms with van der Waals surface area (Å²) in [6.45, 7) is 1.88. The first-order chi connectivity index (χ1) is 9.01. The third kappa shape index (κ3) is 3.01. The maximum atomic E-state index is 13.5. The number of nitrogens with one attached hydrogen (secondary N) is 1. The van der Waals surface area contributed by atoms with Crippen LogP contribution < -0.4 is 5.32 Å². The van der Waals surface area contributed by atoms with Crippen LogP contribution in [0.4, 0.5) is 14.5 Å². The molecule has 1 heterocycles. The molecule has 2 rings (SSSR count). The maximum absolute atomic E-state index is 13.5. The molecule has 0 aliphatic heterocycles. The number of halogens is 3. The van der Waals surface area contributed by atoms with Crippen LogP contribution in [0.5, 0.6) is 0 Å². The van der Waals surface area contributed by atoms with E-state index in [2.05, 4.69) is 21.2 Å². The van der Waals surface area contributed by atoms with Crippen molar-refractivity contribution in [1.82, 2.24) is 0 Å². The Morgan fingerprint density at radius 1 is 1.32 bits per heavy atom. The number of furan rings is 1. The number of rotatable bonds is 3. The van der Waals surface area contributed by atoms with Crippen molar-refractivity contribution in [3.63, 3.8) is 0 Å². The number of carbonyl (C=O) groups is 1. The van der Waals surface area contributed by atoms with Gasteiger partial charge >= 0.3 is 0 Å². The summed E-state index contributed by atoms with van der Waals surface area (Å²) in [6, 6.07) is 5.00. The first-order valence-corrected chi connectivity index (χ1v) is 6.35. The zero-order chi connectivity index (χ0) is 14.0. The number of hydrogen-bond acceptors (Lipinski definition) is 2. The molecule has 0 saturated carbocycles. The van der Waals surface area contributed by atoms with Crippen LogP contribution >= 0.6 is 15.9 Å². The van der Waals surface area contributed by atoms with Gasteiger partial charge in [0.15, 0.2) is 5.76 Å². The van der Waals surface area contributed by atoms with E-state index >= 15 is 0 Å². The predicted octanol–water partition coefficient (Wildman–Crippen LogP) is 4.14. The second-order valence-electron chi connectivity index (χ2n) is 3.82. The van der Waals surface area contributed by atoms with Crippen molar-refractivity contribution in [2.75, 3.05) is 5.32 Å². The molecular weight excluding hydrogens is 320 g/mol. The third-order valence-electron chi connectivity index (χ3n) is 2.49. The van der Waals surface area contributed by atoms with Crippen molar-refractivity contribution >= 4 is 27.5 Å². The Labute approximate surface area is 116 Å². The molecular formula is C13H10BrF2NO2. The number of amides is 1. The van der Waals surface area contributed by atoms with Gasteiger partial charge in [-0.25, -0.2) is 8.78 Å². The minimum absolute atomic E-state index is 0.00531. The summed E-state index contributed by atoms with van der Waals surface area (Å²) in [7, 11) is 0. The minimum atomic E-state index is -0.733. The normalized spacial score (nSPS) is 10.5. The Morgan fingerprint density at radius 3 is 2.68 bits per heavy atom. The van der Waals surface area contributed by atoms with Gasteiger partial charge in [-0.2, -0.15) is 0 Å². The molecule has 0 aliphatic rings. The van der Waals surface area contributed by atoms with Gasteiger partial charge in [0, 0.05) is 12.5 Å². The second kappa shape index (κ2) is 5.52. The van der Waals surface area contributed by atoms with E-state index in [1.165, 1.54) is 6.07 Å². The van der Waals surface area contributed by atoms with Gasteiger partial charge < -0.3 is 9.73 Å². The fourth-order valence-corrected chi connectivity index (χ4v) is 1.81. The van der Waals surface area contributed by atoms with Gasteiger partial charge in [-0.15, -0.1) is 0 Å². The molecule has 1 N–H and O–H groups in total. The average Bonchev–Trinajstić information content (AvgIpc) is 2.84. The Hall–Kier alpha value is -1.69. The highest BCUT2D eigenvalue weighted by Crippen LogP contribution is 2.24. The molecule has 2 aromatic rings. The minimum Gasteiger partial charge on any atom is -0.456 e. The molecule has 1 aromatic heterocycles. The number of carbonyl (C=O) groups excluding carboxylic acids is 1. The van der Waals surface area contributed by atoms with E-state index < -0.39 is 17.5 Å². The van der Waals surface area contributed by atoms with Gasteiger partial charge in [0.05, 0.1) is 10.2 Å². The number of anilines is 1. The summed E-state index contributed by atoms with van der Waals surface area (Å²) in [5.74, 6) is -1.32. The van der Waals surface area contributed by atoms with Crippen LogP contribution in [0.2, 0.25) is 0 Å². The first kappa shape index (κ1) is 13.7. The van der Waals surface area contributed by atoms with Gasteiger partial charge in [0.25, 0.3) is 5.91 Å². The van der Waals surface area contributed by atoms with E-state index in [1.807, 2.05) is 6.92 Å². The molecule has 0 atom stereocenters. The molecule has 1 amide bonds. The van der Waals surface area contributed by atoms with E-state index in [9.17, 15) is 13.6 Å². The molecule has 3 nitrogen and oxygen atoms in total. The third-order valence-corrected chi connectivity index (χ3v) is 3.10. The van der Waals surface area contributed by atoms with Crippen LogP contribution in [0, 0.1) is 11.6 Å². The lowest BCUT2D eigenvalue weighted by atomic mass is 10.3. The summed E-state index contributed by atoms with van der Waals surface area (Å²) in [5.41, 5.74) is -0.236. The standard InChI is InChI=1S/C13H10BrF2NO2/c1-2-7-3-4-12(19-7)13(18)17-11-6-9(15)8(14)5-10(11)16/h3-6H,2H2,1H3,(H,17,18). The van der Waals surface area contributed by atoms with E-state index in [1.54, 1.807) is 6.07 Å². The lowest BCUT2D eigenvalue weighted by Crippen LogP contribution is -2.12. The van der Waals surface area contributed by atoms with Crippen molar-refractivity contribution in [2.45, 2.75) is 13.3 Å². The smallest absolute Gasteiger partial charge is 0.291 e. The fraction of sp³-hybridized carbons (Fsp3) is 0.154. The highest BCUT2D eigenvalue weighted by Gasteiger charge is 2.15. The molecule has 0 radical (unpaired) electrons. The Kier molecular flexibility index (Phi) is 3.99. The van der Waals surface area contributed by atoms with Gasteiger partial charge in [0.1, 0.15) is 17.4 Å². The predicted molar refractivity (Wildman–Crippen MR) is 70.1 cm³/mol. The van der Waals surface area contributed by atoms with Crippen LogP contribution in [0.15, 0.2) is 33.2 Å². The van der Waals surface area contributed by atoms with Crippen molar-refractivity contribution in [2.24, 2.45) is 0 Å². The van der Waals surface area contributed by atoms with Crippen LogP contribution in [-0.4, -0.2) is 5.91 Å². The summed E-state index contributed by atoms with van der Waals surface area (Å²) in [5, 5.41) is 2.26. The second-order valence-corrected chi connectivity index (χ2v) is 4.67. The quantitative estimate of drug-likeness (QED) is 0.860. The largest absolute Gasteiger partial charge is 0.456 e. The molecule has 0 aliphatic carbocycles. The first-order valence-electron chi connectivity index (χ1n) is 5.56. The Balaban J connectivity index is 2.21. The highest BCUT2D eigenvalue weighted by molar-refractivity contribution is 9.10. The maximum Gasteiger partial charge on any atom is 0.291 e. The van der Waals surface area contributed by atoms with Crippen molar-refractivity contribution in [3.8, 4) is 0 Å². The van der Waals surface area contributed by atoms with Gasteiger partial charge in [0.2, 0.25) is 0 Å². The Bertz CT molecular complexity index is 625. The van der Waals surface area contributed by atoms with Crippen LogP contribution in [0.3, 0.4) is 0 Å². The Morgan fingerprint density at radius 2 is 2.05 bits per heavy atom. The molecule has 19 heavy (non-hydrogen) atoms. The molecule has 0 fully saturated rings. The van der Waals surface area contributed by atoms with E-state index in [4.69, 9.17) is 4.42 Å². The molecule has 0 unspecified atom stereocenters. The zero-order valence-electron chi connectivity index (χ0n) is 9.97. The van der Waals surface area contributed by atoms with Crippen molar-refractivity contribution in [3.05, 3.63) is 51.9 Å². The molecule has 6 heteroatoms. The number of hydrogen-bond donors (Lipinski definition) is 1. The highest BCUT2D eigenvalue weighted by atomic mass is 79.9. The van der Waals surface area contributed by atoms with Crippen LogP contribution in [0.1, 0.15) is 23.2 Å². The van der Waals surface area contributed by atoms with Gasteiger partial charge in [-0.05, 0) is 34.1 Å². The van der Waals surface area contributed by atoms with Gasteiger partial charge in [-0.3, -0.25) is 4.79 Å². The number of benzene rings is 1. The summed E-state index contributed by atoms with van der Waals surface area (Å²) >= 11 is 2.86. The van der Waals surface area contributed by atoms with Crippen LogP contribution in [-0.2, 0) is 6.42 Å². The SMILES string of the molecule is CCc1ccc(C(=O)Nc2cc(F)c(Br)cc2F)o1. The molecule has 0 spiro atoms. The fourth-order valence-electron chi connectivity index (χ4n) is 1.49. The molecule has 100 valence electrons. The van der Waals surface area contributed by atoms with Crippen molar-refractivity contribution in [1.29, 1.82) is 0 Å². The number of aryl methyl sites for hydroxylation is 1. The van der Waals surface area contributed by atoms with E-state index in [0.29, 0.717) is 12.2 Å². The summed E-state index contributed by atoms with van der Waals surface area (Å²) in [4.78, 5) is 11.8. The zero-order valence-corrected chi connectivity index (χ0v) is 11.6. The summed E-state index contributed by atoms with van der Waals surface area (Å²) in [6.07, 6.45) is 0.647. The van der Waals surface area contributed by atoms with E-state index in [-0.39, 0.29) is 15.9 Å². The van der Waals surface area contributed by atoms with E-state index in [0.717, 1.165) is 12.1 Å².